The van der Waals surface area contributed by atoms with Crippen LogP contribution in [0, 0.1) is 6.92 Å². The zero-order valence-corrected chi connectivity index (χ0v) is 12.6. The largest absolute Gasteiger partial charge is 0.384 e. The third kappa shape index (κ3) is 2.89. The van der Waals surface area contributed by atoms with Gasteiger partial charge in [0.2, 0.25) is 0 Å². The van der Waals surface area contributed by atoms with E-state index >= 15 is 0 Å². The molecule has 2 heteroatoms. The molecule has 0 unspecified atom stereocenters. The van der Waals surface area contributed by atoms with Crippen molar-refractivity contribution in [3.8, 4) is 11.3 Å². The molecule has 1 heterocycles. The molecule has 0 bridgehead atoms. The molecule has 0 spiro atoms. The molecule has 1 aromatic heterocycles. The molecule has 0 atom stereocenters. The van der Waals surface area contributed by atoms with E-state index in [-0.39, 0.29) is 0 Å². The van der Waals surface area contributed by atoms with Crippen molar-refractivity contribution in [1.29, 1.82) is 0 Å². The highest BCUT2D eigenvalue weighted by Gasteiger charge is 2.07. The van der Waals surface area contributed by atoms with Gasteiger partial charge in [0, 0.05) is 23.2 Å². The van der Waals surface area contributed by atoms with Gasteiger partial charge in [0.05, 0.1) is 11.2 Å². The first-order valence-electron chi connectivity index (χ1n) is 7.48. The summed E-state index contributed by atoms with van der Waals surface area (Å²) in [7, 11) is 0. The zero-order valence-electron chi connectivity index (χ0n) is 12.6. The molecule has 1 N–H and O–H groups in total. The molecule has 106 valence electrons. The van der Waals surface area contributed by atoms with Gasteiger partial charge in [-0.2, -0.15) is 0 Å². The minimum absolute atomic E-state index is 0.973. The molecule has 0 amide bonds. The number of rotatable bonds is 4. The summed E-state index contributed by atoms with van der Waals surface area (Å²) in [6.45, 7) is 5.27. The number of nitrogens with one attached hydrogen (secondary N) is 1. The smallest absolute Gasteiger partial charge is 0.0730 e. The van der Waals surface area contributed by atoms with Gasteiger partial charge in [0.15, 0.2) is 0 Å². The van der Waals surface area contributed by atoms with Gasteiger partial charge in [-0.05, 0) is 31.5 Å². The highest BCUT2D eigenvalue weighted by Crippen LogP contribution is 2.29. The second-order valence-corrected chi connectivity index (χ2v) is 5.37. The first-order valence-corrected chi connectivity index (χ1v) is 7.48. The van der Waals surface area contributed by atoms with Crippen molar-refractivity contribution in [3.05, 3.63) is 60.2 Å². The quantitative estimate of drug-likeness (QED) is 0.722. The fraction of sp³-hybridized carbons (Fsp3) is 0.211. The van der Waals surface area contributed by atoms with E-state index in [1.807, 2.05) is 6.07 Å². The normalized spacial score (nSPS) is 10.8. The number of hydrogen-bond donors (Lipinski definition) is 1. The van der Waals surface area contributed by atoms with Crippen LogP contribution in [0.15, 0.2) is 54.6 Å². The molecule has 2 nitrogen and oxygen atoms in total. The molecule has 0 aliphatic carbocycles. The Hall–Kier alpha value is -2.35. The van der Waals surface area contributed by atoms with Gasteiger partial charge in [0.1, 0.15) is 0 Å². The lowest BCUT2D eigenvalue weighted by atomic mass is 10.1. The maximum atomic E-state index is 4.82. The predicted octanol–water partition coefficient (Wildman–Crippen LogP) is 5.03. The number of pyridine rings is 1. The van der Waals surface area contributed by atoms with Crippen molar-refractivity contribution in [1.82, 2.24) is 4.98 Å². The lowest BCUT2D eigenvalue weighted by Crippen LogP contribution is -2.01. The summed E-state index contributed by atoms with van der Waals surface area (Å²) in [6, 6.07) is 18.9. The van der Waals surface area contributed by atoms with E-state index in [0.717, 1.165) is 29.7 Å². The fourth-order valence-corrected chi connectivity index (χ4v) is 2.50. The lowest BCUT2D eigenvalue weighted by Gasteiger charge is -2.12. The van der Waals surface area contributed by atoms with Crippen molar-refractivity contribution < 1.29 is 0 Å². The van der Waals surface area contributed by atoms with Crippen LogP contribution in [-0.4, -0.2) is 11.5 Å². The van der Waals surface area contributed by atoms with Gasteiger partial charge in [-0.25, -0.2) is 4.98 Å². The molecule has 0 fully saturated rings. The summed E-state index contributed by atoms with van der Waals surface area (Å²) < 4.78 is 0. The molecule has 0 aliphatic heterocycles. The number of aryl methyl sites for hydroxylation is 1. The fourth-order valence-electron chi connectivity index (χ4n) is 2.50. The van der Waals surface area contributed by atoms with Crippen LogP contribution in [0.5, 0.6) is 0 Å². The molecule has 3 aromatic rings. The zero-order chi connectivity index (χ0) is 14.7. The van der Waals surface area contributed by atoms with Gasteiger partial charge in [-0.1, -0.05) is 48.9 Å². The van der Waals surface area contributed by atoms with E-state index in [1.54, 1.807) is 0 Å². The minimum atomic E-state index is 0.973. The first-order chi connectivity index (χ1) is 10.3. The van der Waals surface area contributed by atoms with Crippen LogP contribution in [-0.2, 0) is 0 Å². The average molecular weight is 276 g/mol. The number of nitrogens with zero attached hydrogens (tertiary/aromatic N) is 1. The van der Waals surface area contributed by atoms with Crippen LogP contribution in [0.3, 0.4) is 0 Å². The van der Waals surface area contributed by atoms with Gasteiger partial charge >= 0.3 is 0 Å². The molecule has 0 aliphatic rings. The monoisotopic (exact) mass is 276 g/mol. The van der Waals surface area contributed by atoms with Crippen molar-refractivity contribution in [2.45, 2.75) is 20.3 Å². The second-order valence-electron chi connectivity index (χ2n) is 5.37. The number of benzene rings is 2. The lowest BCUT2D eigenvalue weighted by molar-refractivity contribution is 0.981. The Morgan fingerprint density at radius 3 is 2.57 bits per heavy atom. The SMILES string of the molecule is CCCNc1cc(-c2ccccc2)nc2ccc(C)cc12. The van der Waals surface area contributed by atoms with Crippen LogP contribution in [0.4, 0.5) is 5.69 Å². The van der Waals surface area contributed by atoms with E-state index in [1.165, 1.54) is 16.6 Å². The topological polar surface area (TPSA) is 24.9 Å². The summed E-state index contributed by atoms with van der Waals surface area (Å²) in [5, 5.41) is 4.73. The van der Waals surface area contributed by atoms with Crippen LogP contribution < -0.4 is 5.32 Å². The Morgan fingerprint density at radius 1 is 1.00 bits per heavy atom. The van der Waals surface area contributed by atoms with Gasteiger partial charge in [0.25, 0.3) is 0 Å². The molecule has 0 saturated carbocycles. The van der Waals surface area contributed by atoms with E-state index in [2.05, 4.69) is 67.7 Å². The predicted molar refractivity (Wildman–Crippen MR) is 90.7 cm³/mol. The average Bonchev–Trinajstić information content (AvgIpc) is 2.53. The summed E-state index contributed by atoms with van der Waals surface area (Å²) in [5.74, 6) is 0. The summed E-state index contributed by atoms with van der Waals surface area (Å²) in [6.07, 6.45) is 1.11. The molecular formula is C19H20N2. The number of fused-ring (bicyclic) bond motifs is 1. The molecule has 3 rings (SSSR count). The third-order valence-corrected chi connectivity index (χ3v) is 3.60. The Bertz CT molecular complexity index is 748. The molecular weight excluding hydrogens is 256 g/mol. The summed E-state index contributed by atoms with van der Waals surface area (Å²) in [5.41, 5.74) is 5.64. The van der Waals surface area contributed by atoms with E-state index in [0.29, 0.717) is 0 Å². The maximum Gasteiger partial charge on any atom is 0.0730 e. The van der Waals surface area contributed by atoms with Crippen LogP contribution in [0.25, 0.3) is 22.2 Å². The Kier molecular flexibility index (Phi) is 3.87. The van der Waals surface area contributed by atoms with Crippen molar-refractivity contribution in [2.24, 2.45) is 0 Å². The van der Waals surface area contributed by atoms with Crippen molar-refractivity contribution in [3.63, 3.8) is 0 Å². The van der Waals surface area contributed by atoms with Crippen molar-refractivity contribution in [2.75, 3.05) is 11.9 Å². The Labute approximate surface area is 125 Å². The van der Waals surface area contributed by atoms with E-state index < -0.39 is 0 Å². The van der Waals surface area contributed by atoms with Gasteiger partial charge in [-0.15, -0.1) is 0 Å². The Balaban J connectivity index is 2.17. The van der Waals surface area contributed by atoms with Gasteiger partial charge in [-0.3, -0.25) is 0 Å². The van der Waals surface area contributed by atoms with Crippen LogP contribution in [0.2, 0.25) is 0 Å². The first kappa shape index (κ1) is 13.6. The molecule has 0 saturated heterocycles. The molecule has 21 heavy (non-hydrogen) atoms. The van der Waals surface area contributed by atoms with Crippen LogP contribution in [0.1, 0.15) is 18.9 Å². The van der Waals surface area contributed by atoms with Crippen LogP contribution >= 0.6 is 0 Å². The van der Waals surface area contributed by atoms with Gasteiger partial charge < -0.3 is 5.32 Å². The maximum absolute atomic E-state index is 4.82. The van der Waals surface area contributed by atoms with Crippen molar-refractivity contribution >= 4 is 16.6 Å². The minimum Gasteiger partial charge on any atom is -0.384 e. The van der Waals surface area contributed by atoms with E-state index in [4.69, 9.17) is 4.98 Å². The number of aromatic nitrogens is 1. The standard InChI is InChI=1S/C19H20N2/c1-3-11-20-19-13-18(15-7-5-4-6-8-15)21-17-10-9-14(2)12-16(17)19/h4-10,12-13H,3,11H2,1-2H3,(H,20,21). The summed E-state index contributed by atoms with van der Waals surface area (Å²) >= 11 is 0. The Morgan fingerprint density at radius 2 is 1.81 bits per heavy atom. The summed E-state index contributed by atoms with van der Waals surface area (Å²) in [4.78, 5) is 4.82. The third-order valence-electron chi connectivity index (χ3n) is 3.60. The second kappa shape index (κ2) is 5.96. The van der Waals surface area contributed by atoms with E-state index in [9.17, 15) is 0 Å². The molecule has 2 aromatic carbocycles. The number of anilines is 1. The molecule has 0 radical (unpaired) electrons. The highest BCUT2D eigenvalue weighted by molar-refractivity contribution is 5.94. The number of hydrogen-bond acceptors (Lipinski definition) is 2. The highest BCUT2D eigenvalue weighted by atomic mass is 14.9.